The number of nitrogens with two attached hydrogens (primary N) is 1. The van der Waals surface area contributed by atoms with Crippen LogP contribution in [0.4, 0.5) is 5.69 Å². The number of hydrogen-bond donors (Lipinski definition) is 1. The van der Waals surface area contributed by atoms with E-state index in [0.29, 0.717) is 6.54 Å². The van der Waals surface area contributed by atoms with Crippen molar-refractivity contribution in [1.29, 1.82) is 0 Å². The highest BCUT2D eigenvalue weighted by molar-refractivity contribution is 9.10. The summed E-state index contributed by atoms with van der Waals surface area (Å²) in [6, 6.07) is 14.4. The predicted molar refractivity (Wildman–Crippen MR) is 90.3 cm³/mol. The molecule has 0 radical (unpaired) electrons. The maximum atomic E-state index is 5.94. The first-order valence-electron chi connectivity index (χ1n) is 6.49. The van der Waals surface area contributed by atoms with Crippen molar-refractivity contribution in [3.05, 3.63) is 63.1 Å². The van der Waals surface area contributed by atoms with E-state index in [1.54, 1.807) is 0 Å². The van der Waals surface area contributed by atoms with E-state index in [-0.39, 0.29) is 6.04 Å². The van der Waals surface area contributed by atoms with Gasteiger partial charge in [-0.25, -0.2) is 0 Å². The first kappa shape index (κ1) is 15.4. The van der Waals surface area contributed by atoms with Crippen LogP contribution in [0.1, 0.15) is 24.1 Å². The molecule has 106 valence electrons. The third-order valence-electron chi connectivity index (χ3n) is 3.57. The largest absolute Gasteiger partial charge is 0.368 e. The van der Waals surface area contributed by atoms with Gasteiger partial charge in [0.25, 0.3) is 0 Å². The van der Waals surface area contributed by atoms with E-state index in [0.717, 1.165) is 20.7 Å². The van der Waals surface area contributed by atoms with Gasteiger partial charge in [-0.05, 0) is 48.4 Å². The summed E-state index contributed by atoms with van der Waals surface area (Å²) in [5, 5.41) is 0.759. The molecule has 20 heavy (non-hydrogen) atoms. The molecule has 2 N–H and O–H groups in total. The Labute approximate surface area is 133 Å². The lowest BCUT2D eigenvalue weighted by Gasteiger charge is -2.29. The van der Waals surface area contributed by atoms with Gasteiger partial charge in [0.1, 0.15) is 0 Å². The monoisotopic (exact) mass is 352 g/mol. The van der Waals surface area contributed by atoms with Gasteiger partial charge in [0, 0.05) is 28.8 Å². The molecular formula is C16H18BrClN2. The van der Waals surface area contributed by atoms with Crippen LogP contribution in [0.15, 0.2) is 46.9 Å². The minimum atomic E-state index is 0.249. The summed E-state index contributed by atoms with van der Waals surface area (Å²) in [5.74, 6) is 0. The van der Waals surface area contributed by atoms with Crippen molar-refractivity contribution in [3.63, 3.8) is 0 Å². The SMILES string of the molecule is CC(c1ccc(Cl)cc1)N(C)c1ccc(Br)cc1CN. The van der Waals surface area contributed by atoms with Gasteiger partial charge in [0.2, 0.25) is 0 Å². The molecule has 2 aromatic carbocycles. The maximum absolute atomic E-state index is 5.94. The summed E-state index contributed by atoms with van der Waals surface area (Å²) in [5.41, 5.74) is 9.35. The minimum Gasteiger partial charge on any atom is -0.368 e. The van der Waals surface area contributed by atoms with Crippen LogP contribution in [0.25, 0.3) is 0 Å². The van der Waals surface area contributed by atoms with Gasteiger partial charge in [0.15, 0.2) is 0 Å². The summed E-state index contributed by atoms with van der Waals surface area (Å²) < 4.78 is 1.05. The molecule has 4 heteroatoms. The minimum absolute atomic E-state index is 0.249. The van der Waals surface area contributed by atoms with Gasteiger partial charge < -0.3 is 10.6 Å². The van der Waals surface area contributed by atoms with Gasteiger partial charge in [-0.15, -0.1) is 0 Å². The zero-order valence-electron chi connectivity index (χ0n) is 11.6. The van der Waals surface area contributed by atoms with Crippen LogP contribution in [-0.4, -0.2) is 7.05 Å². The highest BCUT2D eigenvalue weighted by atomic mass is 79.9. The van der Waals surface area contributed by atoms with Crippen molar-refractivity contribution < 1.29 is 0 Å². The van der Waals surface area contributed by atoms with Crippen LogP contribution in [0, 0.1) is 0 Å². The van der Waals surface area contributed by atoms with Crippen LogP contribution >= 0.6 is 27.5 Å². The Kier molecular flexibility index (Phi) is 5.08. The lowest BCUT2D eigenvalue weighted by atomic mass is 10.1. The Bertz CT molecular complexity index is 584. The van der Waals surface area contributed by atoms with Gasteiger partial charge in [-0.2, -0.15) is 0 Å². The summed E-state index contributed by atoms with van der Waals surface area (Å²) in [4.78, 5) is 2.23. The quantitative estimate of drug-likeness (QED) is 0.858. The first-order chi connectivity index (χ1) is 9.52. The first-order valence-corrected chi connectivity index (χ1v) is 7.67. The van der Waals surface area contributed by atoms with E-state index < -0.39 is 0 Å². The predicted octanol–water partition coefficient (Wildman–Crippen LogP) is 4.76. The molecule has 0 bridgehead atoms. The highest BCUT2D eigenvalue weighted by Gasteiger charge is 2.15. The smallest absolute Gasteiger partial charge is 0.0511 e. The Hall–Kier alpha value is -1.03. The van der Waals surface area contributed by atoms with Crippen LogP contribution in [-0.2, 0) is 6.54 Å². The van der Waals surface area contributed by atoms with Crippen molar-refractivity contribution in [2.24, 2.45) is 5.73 Å². The summed E-state index contributed by atoms with van der Waals surface area (Å²) in [6.45, 7) is 2.69. The molecule has 0 aromatic heterocycles. The Morgan fingerprint density at radius 3 is 2.45 bits per heavy atom. The Morgan fingerprint density at radius 1 is 1.20 bits per heavy atom. The normalized spacial score (nSPS) is 12.2. The van der Waals surface area contributed by atoms with Gasteiger partial charge >= 0.3 is 0 Å². The second kappa shape index (κ2) is 6.61. The molecule has 1 unspecified atom stereocenters. The number of benzene rings is 2. The lowest BCUT2D eigenvalue weighted by Crippen LogP contribution is -2.23. The average Bonchev–Trinajstić information content (AvgIpc) is 2.46. The van der Waals surface area contributed by atoms with Gasteiger partial charge in [0.05, 0.1) is 6.04 Å². The standard InChI is InChI=1S/C16H18BrClN2/c1-11(12-3-6-15(18)7-4-12)20(2)16-8-5-14(17)9-13(16)10-19/h3-9,11H,10,19H2,1-2H3. The molecule has 0 amide bonds. The second-order valence-electron chi connectivity index (χ2n) is 4.82. The van der Waals surface area contributed by atoms with Crippen molar-refractivity contribution in [1.82, 2.24) is 0 Å². The molecule has 0 spiro atoms. The van der Waals surface area contributed by atoms with Crippen molar-refractivity contribution in [3.8, 4) is 0 Å². The molecule has 1 atom stereocenters. The molecule has 0 fully saturated rings. The zero-order chi connectivity index (χ0) is 14.7. The van der Waals surface area contributed by atoms with Gasteiger partial charge in [-0.1, -0.05) is 39.7 Å². The summed E-state index contributed by atoms with van der Waals surface area (Å²) in [7, 11) is 2.08. The Balaban J connectivity index is 2.30. The van der Waals surface area contributed by atoms with E-state index in [2.05, 4.69) is 59.1 Å². The fourth-order valence-corrected chi connectivity index (χ4v) is 2.77. The average molecular weight is 354 g/mol. The molecule has 0 aliphatic carbocycles. The fourth-order valence-electron chi connectivity index (χ4n) is 2.24. The third kappa shape index (κ3) is 3.35. The van der Waals surface area contributed by atoms with Crippen LogP contribution in [0.5, 0.6) is 0 Å². The molecular weight excluding hydrogens is 336 g/mol. The lowest BCUT2D eigenvalue weighted by molar-refractivity contribution is 0.734. The van der Waals surface area contributed by atoms with E-state index in [1.165, 1.54) is 5.56 Å². The molecule has 0 saturated carbocycles. The topological polar surface area (TPSA) is 29.3 Å². The number of anilines is 1. The summed E-state index contributed by atoms with van der Waals surface area (Å²) in [6.07, 6.45) is 0. The molecule has 0 saturated heterocycles. The molecule has 0 aliphatic heterocycles. The van der Waals surface area contributed by atoms with Crippen LogP contribution in [0.2, 0.25) is 5.02 Å². The third-order valence-corrected chi connectivity index (χ3v) is 4.32. The van der Waals surface area contributed by atoms with Crippen LogP contribution < -0.4 is 10.6 Å². The number of hydrogen-bond acceptors (Lipinski definition) is 2. The zero-order valence-corrected chi connectivity index (χ0v) is 13.9. The maximum Gasteiger partial charge on any atom is 0.0511 e. The van der Waals surface area contributed by atoms with E-state index >= 15 is 0 Å². The molecule has 2 rings (SSSR count). The van der Waals surface area contributed by atoms with Crippen molar-refractivity contribution in [2.45, 2.75) is 19.5 Å². The van der Waals surface area contributed by atoms with Crippen molar-refractivity contribution >= 4 is 33.2 Å². The molecule has 2 aromatic rings. The second-order valence-corrected chi connectivity index (χ2v) is 6.17. The summed E-state index contributed by atoms with van der Waals surface area (Å²) >= 11 is 9.43. The van der Waals surface area contributed by atoms with E-state index in [9.17, 15) is 0 Å². The Morgan fingerprint density at radius 2 is 1.85 bits per heavy atom. The van der Waals surface area contributed by atoms with E-state index in [1.807, 2.05) is 18.2 Å². The number of rotatable bonds is 4. The molecule has 0 heterocycles. The van der Waals surface area contributed by atoms with Crippen LogP contribution in [0.3, 0.4) is 0 Å². The number of nitrogens with zero attached hydrogens (tertiary/aromatic N) is 1. The van der Waals surface area contributed by atoms with Crippen molar-refractivity contribution in [2.75, 3.05) is 11.9 Å². The van der Waals surface area contributed by atoms with E-state index in [4.69, 9.17) is 17.3 Å². The molecule has 0 aliphatic rings. The van der Waals surface area contributed by atoms with Gasteiger partial charge in [-0.3, -0.25) is 0 Å². The fraction of sp³-hybridized carbons (Fsp3) is 0.250. The highest BCUT2D eigenvalue weighted by Crippen LogP contribution is 2.30. The molecule has 2 nitrogen and oxygen atoms in total. The number of halogens is 2.